The largest absolute Gasteiger partial charge is 0.487 e. The van der Waals surface area contributed by atoms with E-state index in [1.165, 1.54) is 11.8 Å². The van der Waals surface area contributed by atoms with Crippen LogP contribution in [0.4, 0.5) is 5.69 Å². The molecule has 1 unspecified atom stereocenters. The maximum absolute atomic E-state index is 12.4. The number of benzene rings is 1. The summed E-state index contributed by atoms with van der Waals surface area (Å²) in [5.41, 5.74) is 0.764. The van der Waals surface area contributed by atoms with Crippen molar-refractivity contribution in [1.29, 1.82) is 0 Å². The number of carbonyl (C=O) groups is 2. The Kier molecular flexibility index (Phi) is 3.80. The van der Waals surface area contributed by atoms with E-state index in [-0.39, 0.29) is 23.7 Å². The highest BCUT2D eigenvalue weighted by molar-refractivity contribution is 8.00. The molecule has 1 heterocycles. The fourth-order valence-corrected chi connectivity index (χ4v) is 3.06. The molecule has 0 aromatic heterocycles. The standard InChI is InChI=1S/C15H17NO4S/c1-9-7-16(15(19)10-2-3-10)12-6-11(21-8-14(17)18)4-5-13(12)20-9/h4-6,9-10H,2-3,7-8H2,1H3,(H,17,18). The molecule has 2 aliphatic rings. The lowest BCUT2D eigenvalue weighted by atomic mass is 10.1. The third-order valence-corrected chi connectivity index (χ3v) is 4.52. The monoisotopic (exact) mass is 307 g/mol. The average Bonchev–Trinajstić information content (AvgIpc) is 3.28. The van der Waals surface area contributed by atoms with E-state index in [0.29, 0.717) is 12.3 Å². The van der Waals surface area contributed by atoms with Gasteiger partial charge in [0.05, 0.1) is 18.0 Å². The molecular weight excluding hydrogens is 290 g/mol. The van der Waals surface area contributed by atoms with Gasteiger partial charge in [-0.1, -0.05) is 0 Å². The summed E-state index contributed by atoms with van der Waals surface area (Å²) in [5.74, 6) is 0.160. The Hall–Kier alpha value is -1.69. The van der Waals surface area contributed by atoms with Crippen LogP contribution in [0.1, 0.15) is 19.8 Å². The zero-order chi connectivity index (χ0) is 15.0. The highest BCUT2D eigenvalue weighted by atomic mass is 32.2. The second-order valence-electron chi connectivity index (χ2n) is 5.46. The molecule has 1 aliphatic heterocycles. The van der Waals surface area contributed by atoms with Crippen molar-refractivity contribution in [2.45, 2.75) is 30.8 Å². The molecule has 21 heavy (non-hydrogen) atoms. The molecule has 1 atom stereocenters. The quantitative estimate of drug-likeness (QED) is 0.865. The summed E-state index contributed by atoms with van der Waals surface area (Å²) in [6.45, 7) is 2.50. The topological polar surface area (TPSA) is 66.8 Å². The van der Waals surface area contributed by atoms with Crippen LogP contribution in [0.25, 0.3) is 0 Å². The predicted molar refractivity (Wildman–Crippen MR) is 80.0 cm³/mol. The molecule has 112 valence electrons. The van der Waals surface area contributed by atoms with Crippen LogP contribution in [-0.2, 0) is 9.59 Å². The Morgan fingerprint density at radius 3 is 2.86 bits per heavy atom. The highest BCUT2D eigenvalue weighted by Gasteiger charge is 2.37. The summed E-state index contributed by atoms with van der Waals surface area (Å²) in [6.07, 6.45) is 1.90. The zero-order valence-corrected chi connectivity index (χ0v) is 12.6. The van der Waals surface area contributed by atoms with Crippen LogP contribution in [0.3, 0.4) is 0 Å². The van der Waals surface area contributed by atoms with Crippen molar-refractivity contribution in [3.8, 4) is 5.75 Å². The van der Waals surface area contributed by atoms with Gasteiger partial charge in [0.2, 0.25) is 5.91 Å². The fraction of sp³-hybridized carbons (Fsp3) is 0.467. The average molecular weight is 307 g/mol. The van der Waals surface area contributed by atoms with Crippen molar-refractivity contribution < 1.29 is 19.4 Å². The lowest BCUT2D eigenvalue weighted by Crippen LogP contribution is -2.43. The Morgan fingerprint density at radius 2 is 2.19 bits per heavy atom. The van der Waals surface area contributed by atoms with Crippen LogP contribution < -0.4 is 9.64 Å². The lowest BCUT2D eigenvalue weighted by molar-refractivity contribution is -0.133. The van der Waals surface area contributed by atoms with Crippen molar-refractivity contribution in [2.24, 2.45) is 5.92 Å². The molecule has 1 aromatic rings. The predicted octanol–water partition coefficient (Wildman–Crippen LogP) is 2.39. The number of nitrogens with zero attached hydrogens (tertiary/aromatic N) is 1. The number of fused-ring (bicyclic) bond motifs is 1. The Balaban J connectivity index is 1.87. The highest BCUT2D eigenvalue weighted by Crippen LogP contribution is 2.40. The molecule has 1 saturated carbocycles. The second kappa shape index (κ2) is 5.60. The maximum Gasteiger partial charge on any atom is 0.313 e. The van der Waals surface area contributed by atoms with E-state index in [1.807, 2.05) is 25.1 Å². The maximum atomic E-state index is 12.4. The number of aliphatic carboxylic acids is 1. The van der Waals surface area contributed by atoms with Gasteiger partial charge >= 0.3 is 5.97 Å². The van der Waals surface area contributed by atoms with Crippen LogP contribution in [0.2, 0.25) is 0 Å². The van der Waals surface area contributed by atoms with Gasteiger partial charge in [-0.05, 0) is 38.0 Å². The molecule has 5 nitrogen and oxygen atoms in total. The Morgan fingerprint density at radius 1 is 1.43 bits per heavy atom. The van der Waals surface area contributed by atoms with Crippen LogP contribution >= 0.6 is 11.8 Å². The summed E-state index contributed by atoms with van der Waals surface area (Å²) in [7, 11) is 0. The molecule has 1 fully saturated rings. The van der Waals surface area contributed by atoms with Crippen molar-refractivity contribution in [3.63, 3.8) is 0 Å². The lowest BCUT2D eigenvalue weighted by Gasteiger charge is -2.34. The SMILES string of the molecule is CC1CN(C(=O)C2CC2)c2cc(SCC(=O)O)ccc2O1. The van der Waals surface area contributed by atoms with E-state index in [1.54, 1.807) is 4.90 Å². The molecule has 6 heteroatoms. The molecular formula is C15H17NO4S. The van der Waals surface area contributed by atoms with Gasteiger partial charge in [0.15, 0.2) is 0 Å². The number of thioether (sulfide) groups is 1. The zero-order valence-electron chi connectivity index (χ0n) is 11.7. The van der Waals surface area contributed by atoms with Gasteiger partial charge < -0.3 is 14.7 Å². The van der Waals surface area contributed by atoms with Gasteiger partial charge in [-0.25, -0.2) is 0 Å². The van der Waals surface area contributed by atoms with Crippen molar-refractivity contribution >= 4 is 29.3 Å². The number of carboxylic acid groups (broad SMARTS) is 1. The summed E-state index contributed by atoms with van der Waals surface area (Å²) in [4.78, 5) is 25.7. The van der Waals surface area contributed by atoms with Gasteiger partial charge in [0.1, 0.15) is 11.9 Å². The number of amides is 1. The van der Waals surface area contributed by atoms with Gasteiger partial charge in [-0.15, -0.1) is 11.8 Å². The first kappa shape index (κ1) is 14.3. The molecule has 0 bridgehead atoms. The number of rotatable bonds is 4. The van der Waals surface area contributed by atoms with Gasteiger partial charge in [-0.3, -0.25) is 9.59 Å². The van der Waals surface area contributed by atoms with Crippen molar-refractivity contribution in [3.05, 3.63) is 18.2 Å². The third-order valence-electron chi connectivity index (χ3n) is 3.54. The van der Waals surface area contributed by atoms with Crippen LogP contribution in [0.5, 0.6) is 5.75 Å². The smallest absolute Gasteiger partial charge is 0.313 e. The molecule has 0 saturated heterocycles. The van der Waals surface area contributed by atoms with Crippen LogP contribution in [0.15, 0.2) is 23.1 Å². The first-order valence-electron chi connectivity index (χ1n) is 7.01. The van der Waals surface area contributed by atoms with Gasteiger partial charge in [-0.2, -0.15) is 0 Å². The number of ether oxygens (including phenoxy) is 1. The van der Waals surface area contributed by atoms with E-state index < -0.39 is 5.97 Å². The Labute approximate surface area is 127 Å². The molecule has 1 aliphatic carbocycles. The fourth-order valence-electron chi connectivity index (χ4n) is 2.41. The first-order chi connectivity index (χ1) is 10.0. The molecule has 3 rings (SSSR count). The van der Waals surface area contributed by atoms with Crippen LogP contribution in [-0.4, -0.2) is 35.4 Å². The minimum atomic E-state index is -0.853. The summed E-state index contributed by atoms with van der Waals surface area (Å²) < 4.78 is 5.77. The molecule has 0 radical (unpaired) electrons. The van der Waals surface area contributed by atoms with E-state index in [4.69, 9.17) is 9.84 Å². The Bertz CT molecular complexity index is 585. The van der Waals surface area contributed by atoms with E-state index in [9.17, 15) is 9.59 Å². The summed E-state index contributed by atoms with van der Waals surface area (Å²) in [6, 6.07) is 5.52. The van der Waals surface area contributed by atoms with Crippen molar-refractivity contribution in [1.82, 2.24) is 0 Å². The van der Waals surface area contributed by atoms with E-state index in [2.05, 4.69) is 0 Å². The summed E-state index contributed by atoms with van der Waals surface area (Å²) in [5, 5.41) is 8.76. The van der Waals surface area contributed by atoms with Crippen molar-refractivity contribution in [2.75, 3.05) is 17.2 Å². The second-order valence-corrected chi connectivity index (χ2v) is 6.51. The number of carbonyl (C=O) groups excluding carboxylic acids is 1. The number of hydrogen-bond acceptors (Lipinski definition) is 4. The number of carboxylic acids is 1. The molecule has 0 spiro atoms. The van der Waals surface area contributed by atoms with Gasteiger partial charge in [0.25, 0.3) is 0 Å². The number of hydrogen-bond donors (Lipinski definition) is 1. The first-order valence-corrected chi connectivity index (χ1v) is 8.00. The number of anilines is 1. The van der Waals surface area contributed by atoms with E-state index >= 15 is 0 Å². The molecule has 1 amide bonds. The minimum absolute atomic E-state index is 0.00657. The van der Waals surface area contributed by atoms with Gasteiger partial charge in [0, 0.05) is 10.8 Å². The van der Waals surface area contributed by atoms with Crippen LogP contribution in [0, 0.1) is 5.92 Å². The molecule has 1 N–H and O–H groups in total. The molecule has 1 aromatic carbocycles. The minimum Gasteiger partial charge on any atom is -0.487 e. The normalized spacial score (nSPS) is 20.6. The summed E-state index contributed by atoms with van der Waals surface area (Å²) >= 11 is 1.25. The van der Waals surface area contributed by atoms with E-state index in [0.717, 1.165) is 23.4 Å². The third kappa shape index (κ3) is 3.15.